The molecule has 1 N–H and O–H groups in total. The second-order valence-corrected chi connectivity index (χ2v) is 4.51. The van der Waals surface area contributed by atoms with Gasteiger partial charge >= 0.3 is 0 Å². The lowest BCUT2D eigenvalue weighted by Gasteiger charge is -2.27. The third kappa shape index (κ3) is 3.08. The van der Waals surface area contributed by atoms with E-state index in [1.54, 1.807) is 6.07 Å². The van der Waals surface area contributed by atoms with E-state index in [2.05, 4.69) is 11.5 Å². The molecule has 1 aliphatic rings. The fourth-order valence-corrected chi connectivity index (χ4v) is 1.98. The molecule has 1 aromatic carbocycles. The molecule has 0 atom stereocenters. The molecule has 3 nitrogen and oxygen atoms in total. The van der Waals surface area contributed by atoms with Crippen LogP contribution in [0.1, 0.15) is 18.1 Å². The summed E-state index contributed by atoms with van der Waals surface area (Å²) in [4.78, 5) is 2.29. The van der Waals surface area contributed by atoms with Gasteiger partial charge in [0.25, 0.3) is 0 Å². The Morgan fingerprint density at radius 3 is 2.76 bits per heavy atom. The number of hydrogen-bond acceptors (Lipinski definition) is 3. The Balaban J connectivity index is 2.13. The zero-order valence-corrected chi connectivity index (χ0v) is 10.3. The quantitative estimate of drug-likeness (QED) is 0.869. The first-order chi connectivity index (χ1) is 8.16. The summed E-state index contributed by atoms with van der Waals surface area (Å²) < 4.78 is 5.31. The first-order valence-electron chi connectivity index (χ1n) is 5.94. The molecule has 0 aromatic heterocycles. The number of morpholine rings is 1. The monoisotopic (exact) mass is 233 g/mol. The number of phenolic OH excluding ortho intramolecular Hbond substituents is 1. The average Bonchev–Trinajstić information content (AvgIpc) is 2.33. The minimum absolute atomic E-state index is 0.362. The molecule has 0 bridgehead atoms. The molecule has 2 rings (SSSR count). The molecule has 92 valence electrons. The highest BCUT2D eigenvalue weighted by Crippen LogP contribution is 2.23. The van der Waals surface area contributed by atoms with E-state index in [1.807, 2.05) is 19.1 Å². The Labute approximate surface area is 102 Å². The number of nitrogens with zero attached hydrogens (tertiary/aromatic N) is 1. The van der Waals surface area contributed by atoms with Gasteiger partial charge in [-0.3, -0.25) is 4.90 Å². The standard InChI is InChI=1S/C14H19NO2/c1-11(2)12-3-4-14(16)13(9-12)10-15-5-7-17-8-6-15/h3-4,9,16H,1,5-8,10H2,2H3. The molecule has 1 heterocycles. The van der Waals surface area contributed by atoms with Gasteiger partial charge in [-0.2, -0.15) is 0 Å². The highest BCUT2D eigenvalue weighted by Gasteiger charge is 2.13. The summed E-state index contributed by atoms with van der Waals surface area (Å²) in [5.41, 5.74) is 3.08. The molecule has 17 heavy (non-hydrogen) atoms. The van der Waals surface area contributed by atoms with Crippen LogP contribution in [0.4, 0.5) is 0 Å². The lowest BCUT2D eigenvalue weighted by Crippen LogP contribution is -2.35. The molecule has 0 unspecified atom stereocenters. The minimum Gasteiger partial charge on any atom is -0.508 e. The second kappa shape index (κ2) is 5.34. The summed E-state index contributed by atoms with van der Waals surface area (Å²) in [7, 11) is 0. The molecule has 1 aliphatic heterocycles. The van der Waals surface area contributed by atoms with Crippen molar-refractivity contribution in [3.8, 4) is 5.75 Å². The largest absolute Gasteiger partial charge is 0.508 e. The van der Waals surface area contributed by atoms with Gasteiger partial charge in [-0.05, 0) is 24.6 Å². The van der Waals surface area contributed by atoms with Gasteiger partial charge < -0.3 is 9.84 Å². The van der Waals surface area contributed by atoms with Crippen molar-refractivity contribution in [2.45, 2.75) is 13.5 Å². The van der Waals surface area contributed by atoms with Crippen molar-refractivity contribution < 1.29 is 9.84 Å². The molecule has 0 radical (unpaired) electrons. The minimum atomic E-state index is 0.362. The number of hydrogen-bond donors (Lipinski definition) is 1. The zero-order chi connectivity index (χ0) is 12.3. The molecule has 0 amide bonds. The van der Waals surface area contributed by atoms with Crippen LogP contribution in [-0.4, -0.2) is 36.3 Å². The van der Waals surface area contributed by atoms with E-state index in [0.29, 0.717) is 5.75 Å². The maximum Gasteiger partial charge on any atom is 0.120 e. The van der Waals surface area contributed by atoms with Crippen LogP contribution in [0.5, 0.6) is 5.75 Å². The molecule has 0 saturated carbocycles. The number of ether oxygens (including phenoxy) is 1. The Bertz CT molecular complexity index is 409. The van der Waals surface area contributed by atoms with Crippen LogP contribution in [0.15, 0.2) is 24.8 Å². The van der Waals surface area contributed by atoms with Crippen LogP contribution in [-0.2, 0) is 11.3 Å². The molecule has 1 aromatic rings. The summed E-state index contributed by atoms with van der Waals surface area (Å²) in [5.74, 6) is 0.362. The second-order valence-electron chi connectivity index (χ2n) is 4.51. The van der Waals surface area contributed by atoms with Crippen molar-refractivity contribution in [3.05, 3.63) is 35.9 Å². The van der Waals surface area contributed by atoms with Crippen molar-refractivity contribution in [1.29, 1.82) is 0 Å². The summed E-state index contributed by atoms with van der Waals surface area (Å²) in [6.07, 6.45) is 0. The van der Waals surface area contributed by atoms with E-state index < -0.39 is 0 Å². The van der Waals surface area contributed by atoms with Gasteiger partial charge in [0.1, 0.15) is 5.75 Å². The van der Waals surface area contributed by atoms with Crippen molar-refractivity contribution in [2.75, 3.05) is 26.3 Å². The first-order valence-corrected chi connectivity index (χ1v) is 5.94. The Kier molecular flexibility index (Phi) is 3.82. The van der Waals surface area contributed by atoms with E-state index in [0.717, 1.165) is 49.5 Å². The van der Waals surface area contributed by atoms with E-state index in [1.165, 1.54) is 0 Å². The van der Waals surface area contributed by atoms with E-state index in [-0.39, 0.29) is 0 Å². The third-order valence-corrected chi connectivity index (χ3v) is 3.07. The number of allylic oxidation sites excluding steroid dienone is 1. The van der Waals surface area contributed by atoms with E-state index in [4.69, 9.17) is 4.74 Å². The van der Waals surface area contributed by atoms with Crippen molar-refractivity contribution >= 4 is 5.57 Å². The van der Waals surface area contributed by atoms with Crippen LogP contribution in [0, 0.1) is 0 Å². The Morgan fingerprint density at radius 2 is 2.12 bits per heavy atom. The van der Waals surface area contributed by atoms with Crippen LogP contribution in [0.25, 0.3) is 5.57 Å². The van der Waals surface area contributed by atoms with Gasteiger partial charge in [-0.25, -0.2) is 0 Å². The van der Waals surface area contributed by atoms with Gasteiger partial charge in [-0.15, -0.1) is 0 Å². The van der Waals surface area contributed by atoms with Crippen molar-refractivity contribution in [3.63, 3.8) is 0 Å². The molecule has 1 fully saturated rings. The van der Waals surface area contributed by atoms with Crippen molar-refractivity contribution in [1.82, 2.24) is 4.90 Å². The fourth-order valence-electron chi connectivity index (χ4n) is 1.98. The van der Waals surface area contributed by atoms with E-state index in [9.17, 15) is 5.11 Å². The topological polar surface area (TPSA) is 32.7 Å². The summed E-state index contributed by atoms with van der Waals surface area (Å²) in [6, 6.07) is 5.67. The van der Waals surface area contributed by atoms with Gasteiger partial charge in [0.15, 0.2) is 0 Å². The van der Waals surface area contributed by atoms with Crippen LogP contribution < -0.4 is 0 Å². The first kappa shape index (κ1) is 12.1. The summed E-state index contributed by atoms with van der Waals surface area (Å²) in [6.45, 7) is 10.1. The molecule has 0 spiro atoms. The number of benzene rings is 1. The fraction of sp³-hybridized carbons (Fsp3) is 0.429. The lowest BCUT2D eigenvalue weighted by molar-refractivity contribution is 0.0339. The number of aromatic hydroxyl groups is 1. The zero-order valence-electron chi connectivity index (χ0n) is 10.3. The van der Waals surface area contributed by atoms with Crippen molar-refractivity contribution in [2.24, 2.45) is 0 Å². The van der Waals surface area contributed by atoms with Gasteiger partial charge in [-0.1, -0.05) is 18.2 Å². The molecular formula is C14H19NO2. The predicted octanol–water partition coefficient (Wildman–Crippen LogP) is 2.26. The highest BCUT2D eigenvalue weighted by molar-refractivity contribution is 5.63. The lowest BCUT2D eigenvalue weighted by atomic mass is 10.0. The van der Waals surface area contributed by atoms with Crippen LogP contribution in [0.2, 0.25) is 0 Å². The summed E-state index contributed by atoms with van der Waals surface area (Å²) >= 11 is 0. The molecule has 3 heteroatoms. The van der Waals surface area contributed by atoms with Gasteiger partial charge in [0, 0.05) is 25.2 Å². The SMILES string of the molecule is C=C(C)c1ccc(O)c(CN2CCOCC2)c1. The van der Waals surface area contributed by atoms with Gasteiger partial charge in [0.2, 0.25) is 0 Å². The van der Waals surface area contributed by atoms with Crippen LogP contribution in [0.3, 0.4) is 0 Å². The third-order valence-electron chi connectivity index (χ3n) is 3.07. The number of phenols is 1. The highest BCUT2D eigenvalue weighted by atomic mass is 16.5. The molecular weight excluding hydrogens is 214 g/mol. The maximum absolute atomic E-state index is 9.86. The van der Waals surface area contributed by atoms with Crippen LogP contribution >= 0.6 is 0 Å². The maximum atomic E-state index is 9.86. The average molecular weight is 233 g/mol. The summed E-state index contributed by atoms with van der Waals surface area (Å²) in [5, 5.41) is 9.86. The number of rotatable bonds is 3. The van der Waals surface area contributed by atoms with E-state index >= 15 is 0 Å². The molecule has 1 saturated heterocycles. The van der Waals surface area contributed by atoms with Gasteiger partial charge in [0.05, 0.1) is 13.2 Å². The molecule has 0 aliphatic carbocycles. The normalized spacial score (nSPS) is 17.0. The predicted molar refractivity (Wildman–Crippen MR) is 68.9 cm³/mol. The smallest absolute Gasteiger partial charge is 0.120 e. The Hall–Kier alpha value is -1.32. The Morgan fingerprint density at radius 1 is 1.41 bits per heavy atom.